The molecule has 1 rings (SSSR count). The van der Waals surface area contributed by atoms with E-state index in [1.807, 2.05) is 32.6 Å². The zero-order valence-electron chi connectivity index (χ0n) is 12.3. The highest BCUT2D eigenvalue weighted by atomic mass is 16.2. The number of carbonyl (C=O) groups is 1. The van der Waals surface area contributed by atoms with Gasteiger partial charge in [0.15, 0.2) is 0 Å². The second-order valence-corrected chi connectivity index (χ2v) is 4.22. The minimum Gasteiger partial charge on any atom is -0.341 e. The van der Waals surface area contributed by atoms with Gasteiger partial charge in [-0.2, -0.15) is 0 Å². The lowest BCUT2D eigenvalue weighted by molar-refractivity contribution is 0.00976. The smallest absolute Gasteiger partial charge is 0.317 e. The molecule has 0 saturated carbocycles. The van der Waals surface area contributed by atoms with Gasteiger partial charge in [0, 0.05) is 25.6 Å². The van der Waals surface area contributed by atoms with Crippen LogP contribution in [0.4, 0.5) is 4.79 Å². The third kappa shape index (κ3) is 4.42. The maximum absolute atomic E-state index is 11.1. The van der Waals surface area contributed by atoms with Crippen LogP contribution in [0.1, 0.15) is 48.5 Å². The molecule has 3 nitrogen and oxygen atoms in total. The first kappa shape index (κ1) is 17.7. The van der Waals surface area contributed by atoms with Crippen LogP contribution in [0.2, 0.25) is 0 Å². The molecule has 0 radical (unpaired) electrons. The molecule has 1 aliphatic heterocycles. The normalized spacial score (nSPS) is 16.2. The van der Waals surface area contributed by atoms with E-state index < -0.39 is 0 Å². The van der Waals surface area contributed by atoms with Gasteiger partial charge in [-0.25, -0.2) is 4.79 Å². The Bertz CT molecular complexity index is 184. The van der Waals surface area contributed by atoms with Crippen molar-refractivity contribution in [1.29, 1.82) is 0 Å². The van der Waals surface area contributed by atoms with Crippen LogP contribution in [0.3, 0.4) is 0 Å². The van der Waals surface area contributed by atoms with E-state index in [4.69, 9.17) is 0 Å². The Balaban J connectivity index is 0. The predicted molar refractivity (Wildman–Crippen MR) is 71.7 cm³/mol. The average Bonchev–Trinajstić information content (AvgIpc) is 2.29. The number of nitrogens with zero attached hydrogens (tertiary/aromatic N) is 1. The Morgan fingerprint density at radius 3 is 1.81 bits per heavy atom. The standard InChI is InChI=1S/C9H18N2O.2C2H6/c1-7(2)9(3)5-11(6-9)8(12)10-4;2*1-2/h7H,5-6H2,1-4H3,(H,10,12);2*1-2H3. The minimum atomic E-state index is 0.0492. The Morgan fingerprint density at radius 1 is 1.19 bits per heavy atom. The molecule has 1 aliphatic rings. The fourth-order valence-corrected chi connectivity index (χ4v) is 1.49. The lowest BCUT2D eigenvalue weighted by atomic mass is 9.73. The number of hydrogen-bond donors (Lipinski definition) is 1. The van der Waals surface area contributed by atoms with Gasteiger partial charge in [-0.05, 0) is 5.92 Å². The van der Waals surface area contributed by atoms with Crippen LogP contribution in [0.5, 0.6) is 0 Å². The fraction of sp³-hybridized carbons (Fsp3) is 0.923. The van der Waals surface area contributed by atoms with E-state index in [1.54, 1.807) is 7.05 Å². The summed E-state index contributed by atoms with van der Waals surface area (Å²) in [5.74, 6) is 0.651. The van der Waals surface area contributed by atoms with E-state index in [0.29, 0.717) is 11.3 Å². The van der Waals surface area contributed by atoms with Crippen LogP contribution in [-0.4, -0.2) is 31.1 Å². The number of urea groups is 1. The molecule has 1 heterocycles. The van der Waals surface area contributed by atoms with Gasteiger partial charge in [0.1, 0.15) is 0 Å². The van der Waals surface area contributed by atoms with Crippen molar-refractivity contribution in [3.63, 3.8) is 0 Å². The summed E-state index contributed by atoms with van der Waals surface area (Å²) in [4.78, 5) is 13.0. The highest BCUT2D eigenvalue weighted by molar-refractivity contribution is 5.74. The maximum Gasteiger partial charge on any atom is 0.317 e. The van der Waals surface area contributed by atoms with E-state index >= 15 is 0 Å². The van der Waals surface area contributed by atoms with E-state index in [1.165, 1.54) is 0 Å². The van der Waals surface area contributed by atoms with Crippen LogP contribution in [0.15, 0.2) is 0 Å². The summed E-state index contributed by atoms with van der Waals surface area (Å²) >= 11 is 0. The van der Waals surface area contributed by atoms with Gasteiger partial charge >= 0.3 is 6.03 Å². The van der Waals surface area contributed by atoms with E-state index in [0.717, 1.165) is 13.1 Å². The summed E-state index contributed by atoms with van der Waals surface area (Å²) in [6.07, 6.45) is 0. The summed E-state index contributed by atoms with van der Waals surface area (Å²) in [6.45, 7) is 16.4. The van der Waals surface area contributed by atoms with Crippen molar-refractivity contribution in [3.05, 3.63) is 0 Å². The molecule has 0 aromatic heterocycles. The summed E-state index contributed by atoms with van der Waals surface area (Å²) in [5.41, 5.74) is 0.340. The molecule has 1 N–H and O–H groups in total. The van der Waals surface area contributed by atoms with Gasteiger partial charge in [0.05, 0.1) is 0 Å². The van der Waals surface area contributed by atoms with Gasteiger partial charge in [-0.1, -0.05) is 48.5 Å². The molecule has 0 aliphatic carbocycles. The maximum atomic E-state index is 11.1. The summed E-state index contributed by atoms with van der Waals surface area (Å²) < 4.78 is 0. The quantitative estimate of drug-likeness (QED) is 0.736. The van der Waals surface area contributed by atoms with Crippen LogP contribution in [0.25, 0.3) is 0 Å². The second-order valence-electron chi connectivity index (χ2n) is 4.22. The zero-order chi connectivity index (χ0) is 13.4. The summed E-state index contributed by atoms with van der Waals surface area (Å²) in [5, 5.41) is 2.63. The zero-order valence-corrected chi connectivity index (χ0v) is 12.3. The SMILES string of the molecule is CC.CC.CNC(=O)N1CC(C)(C(C)C)C1. The molecule has 3 heteroatoms. The van der Waals surface area contributed by atoms with Gasteiger partial charge in [-0.3, -0.25) is 0 Å². The molecule has 1 fully saturated rings. The Hall–Kier alpha value is -0.730. The van der Waals surface area contributed by atoms with Gasteiger partial charge in [0.2, 0.25) is 0 Å². The van der Waals surface area contributed by atoms with E-state index in [-0.39, 0.29) is 6.03 Å². The molecular formula is C13H30N2O. The Morgan fingerprint density at radius 2 is 1.56 bits per heavy atom. The predicted octanol–water partition coefficient (Wildman–Crippen LogP) is 3.36. The molecule has 0 atom stereocenters. The first-order valence-corrected chi connectivity index (χ1v) is 6.46. The summed E-state index contributed by atoms with van der Waals surface area (Å²) in [7, 11) is 1.67. The Labute approximate surface area is 102 Å². The van der Waals surface area contributed by atoms with Crippen molar-refractivity contribution < 1.29 is 4.79 Å². The lowest BCUT2D eigenvalue weighted by Crippen LogP contribution is -2.61. The third-order valence-electron chi connectivity index (χ3n) is 3.00. The molecule has 98 valence electrons. The summed E-state index contributed by atoms with van der Waals surface area (Å²) in [6, 6.07) is 0.0492. The molecule has 1 saturated heterocycles. The van der Waals surface area contributed by atoms with Crippen LogP contribution < -0.4 is 5.32 Å². The first-order valence-electron chi connectivity index (χ1n) is 6.46. The molecule has 0 aromatic rings. The van der Waals surface area contributed by atoms with E-state index in [9.17, 15) is 4.79 Å². The van der Waals surface area contributed by atoms with Gasteiger partial charge in [0.25, 0.3) is 0 Å². The molecule has 16 heavy (non-hydrogen) atoms. The number of amides is 2. The molecule has 2 amide bonds. The Kier molecular flexibility index (Phi) is 9.30. The van der Waals surface area contributed by atoms with Crippen molar-refractivity contribution in [1.82, 2.24) is 10.2 Å². The van der Waals surface area contributed by atoms with Crippen LogP contribution in [-0.2, 0) is 0 Å². The second kappa shape index (κ2) is 8.43. The fourth-order valence-electron chi connectivity index (χ4n) is 1.49. The van der Waals surface area contributed by atoms with Crippen molar-refractivity contribution >= 4 is 6.03 Å². The molecule has 0 bridgehead atoms. The number of likely N-dealkylation sites (tertiary alicyclic amines) is 1. The monoisotopic (exact) mass is 230 g/mol. The highest BCUT2D eigenvalue weighted by Gasteiger charge is 2.42. The topological polar surface area (TPSA) is 32.3 Å². The largest absolute Gasteiger partial charge is 0.341 e. The van der Waals surface area contributed by atoms with Crippen LogP contribution >= 0.6 is 0 Å². The van der Waals surface area contributed by atoms with Gasteiger partial charge in [-0.15, -0.1) is 0 Å². The lowest BCUT2D eigenvalue weighted by Gasteiger charge is -2.50. The van der Waals surface area contributed by atoms with Crippen LogP contribution in [0, 0.1) is 11.3 Å². The van der Waals surface area contributed by atoms with Gasteiger partial charge < -0.3 is 10.2 Å². The number of carbonyl (C=O) groups excluding carboxylic acids is 1. The average molecular weight is 230 g/mol. The number of rotatable bonds is 1. The van der Waals surface area contributed by atoms with E-state index in [2.05, 4.69) is 26.1 Å². The molecular weight excluding hydrogens is 200 g/mol. The van der Waals surface area contributed by atoms with Crippen molar-refractivity contribution in [2.24, 2.45) is 11.3 Å². The third-order valence-corrected chi connectivity index (χ3v) is 3.00. The van der Waals surface area contributed by atoms with Crippen molar-refractivity contribution in [3.8, 4) is 0 Å². The van der Waals surface area contributed by atoms with Crippen molar-refractivity contribution in [2.75, 3.05) is 20.1 Å². The number of nitrogens with one attached hydrogen (secondary N) is 1. The minimum absolute atomic E-state index is 0.0492. The molecule has 0 unspecified atom stereocenters. The van der Waals surface area contributed by atoms with Crippen molar-refractivity contribution in [2.45, 2.75) is 48.5 Å². The number of hydrogen-bond acceptors (Lipinski definition) is 1. The highest BCUT2D eigenvalue weighted by Crippen LogP contribution is 2.36. The molecule has 0 spiro atoms. The first-order chi connectivity index (χ1) is 7.49. The molecule has 0 aromatic carbocycles.